The van der Waals surface area contributed by atoms with Crippen molar-refractivity contribution in [3.05, 3.63) is 39.4 Å². The highest BCUT2D eigenvalue weighted by molar-refractivity contribution is 5.87. The van der Waals surface area contributed by atoms with Crippen LogP contribution in [0.5, 0.6) is 0 Å². The number of hydrogen-bond acceptors (Lipinski definition) is 6. The molecular formula is C13H11N3O4. The van der Waals surface area contributed by atoms with Crippen LogP contribution >= 0.6 is 0 Å². The van der Waals surface area contributed by atoms with Gasteiger partial charge in [0, 0.05) is 17.7 Å². The third-order valence-corrected chi connectivity index (χ3v) is 2.78. The van der Waals surface area contributed by atoms with E-state index >= 15 is 0 Å². The SMILES string of the molecule is CCOC(=O)C(C)(C#N)c1ccc([N+](=O)[O-])cc1C#N. The first-order valence-corrected chi connectivity index (χ1v) is 5.68. The molecule has 1 aromatic carbocycles. The number of nitrogens with zero attached hydrogens (tertiary/aromatic N) is 3. The van der Waals surface area contributed by atoms with Crippen molar-refractivity contribution in [2.75, 3.05) is 6.61 Å². The first kappa shape index (κ1) is 15.1. The lowest BCUT2D eigenvalue weighted by Crippen LogP contribution is -2.33. The van der Waals surface area contributed by atoms with Crippen LogP contribution in [0.25, 0.3) is 0 Å². The smallest absolute Gasteiger partial charge is 0.330 e. The Balaban J connectivity index is 3.45. The van der Waals surface area contributed by atoms with Crippen molar-refractivity contribution in [2.24, 2.45) is 0 Å². The summed E-state index contributed by atoms with van der Waals surface area (Å²) in [5.74, 6) is -0.798. The first-order chi connectivity index (χ1) is 9.40. The van der Waals surface area contributed by atoms with Gasteiger partial charge < -0.3 is 4.74 Å². The number of carbonyl (C=O) groups is 1. The van der Waals surface area contributed by atoms with Gasteiger partial charge >= 0.3 is 5.97 Å². The van der Waals surface area contributed by atoms with Gasteiger partial charge in [0.2, 0.25) is 0 Å². The summed E-state index contributed by atoms with van der Waals surface area (Å²) in [6.45, 7) is 2.99. The van der Waals surface area contributed by atoms with Gasteiger partial charge in [-0.1, -0.05) is 0 Å². The number of non-ortho nitro benzene ring substituents is 1. The van der Waals surface area contributed by atoms with Crippen LogP contribution in [0.15, 0.2) is 18.2 Å². The zero-order chi connectivity index (χ0) is 15.3. The molecule has 1 aromatic rings. The summed E-state index contributed by atoms with van der Waals surface area (Å²) >= 11 is 0. The van der Waals surface area contributed by atoms with Gasteiger partial charge in [-0.05, 0) is 19.9 Å². The largest absolute Gasteiger partial charge is 0.465 e. The maximum absolute atomic E-state index is 11.9. The lowest BCUT2D eigenvalue weighted by atomic mass is 9.81. The predicted octanol–water partition coefficient (Wildman–Crippen LogP) is 1.81. The van der Waals surface area contributed by atoms with Crippen LogP contribution in [0.1, 0.15) is 25.0 Å². The topological polar surface area (TPSA) is 117 Å². The number of carbonyl (C=O) groups excluding carboxylic acids is 1. The Bertz CT molecular complexity index is 642. The van der Waals surface area contributed by atoms with Crippen LogP contribution < -0.4 is 0 Å². The lowest BCUT2D eigenvalue weighted by Gasteiger charge is -2.20. The fourth-order valence-corrected chi connectivity index (χ4v) is 1.67. The van der Waals surface area contributed by atoms with Gasteiger partial charge in [0.1, 0.15) is 0 Å². The van der Waals surface area contributed by atoms with Crippen molar-refractivity contribution in [1.29, 1.82) is 10.5 Å². The number of nitriles is 2. The van der Waals surface area contributed by atoms with Crippen molar-refractivity contribution < 1.29 is 14.5 Å². The van der Waals surface area contributed by atoms with E-state index in [1.54, 1.807) is 13.0 Å². The normalized spacial score (nSPS) is 12.6. The van der Waals surface area contributed by atoms with E-state index in [-0.39, 0.29) is 23.4 Å². The highest BCUT2D eigenvalue weighted by Gasteiger charge is 2.39. The molecule has 0 saturated carbocycles. The van der Waals surface area contributed by atoms with E-state index in [0.717, 1.165) is 12.1 Å². The van der Waals surface area contributed by atoms with E-state index < -0.39 is 16.3 Å². The maximum atomic E-state index is 11.9. The maximum Gasteiger partial charge on any atom is 0.330 e. The molecular weight excluding hydrogens is 262 g/mol. The Morgan fingerprint density at radius 2 is 2.15 bits per heavy atom. The highest BCUT2D eigenvalue weighted by Crippen LogP contribution is 2.30. The summed E-state index contributed by atoms with van der Waals surface area (Å²) in [6.07, 6.45) is 0. The molecule has 0 bridgehead atoms. The summed E-state index contributed by atoms with van der Waals surface area (Å²) in [7, 11) is 0. The number of nitro groups is 1. The molecule has 20 heavy (non-hydrogen) atoms. The third kappa shape index (κ3) is 2.57. The molecule has 102 valence electrons. The van der Waals surface area contributed by atoms with Gasteiger partial charge in [-0.2, -0.15) is 10.5 Å². The Hall–Kier alpha value is -2.93. The number of rotatable bonds is 4. The van der Waals surface area contributed by atoms with Crippen LogP contribution in [-0.2, 0) is 14.9 Å². The highest BCUT2D eigenvalue weighted by atomic mass is 16.6. The van der Waals surface area contributed by atoms with E-state index in [1.807, 2.05) is 6.07 Å². The molecule has 0 amide bonds. The summed E-state index contributed by atoms with van der Waals surface area (Å²) in [5, 5.41) is 29.0. The molecule has 0 N–H and O–H groups in total. The second kappa shape index (κ2) is 5.81. The van der Waals surface area contributed by atoms with Gasteiger partial charge in [-0.3, -0.25) is 10.1 Å². The zero-order valence-corrected chi connectivity index (χ0v) is 10.9. The molecule has 7 nitrogen and oxygen atoms in total. The molecule has 7 heteroatoms. The molecule has 0 radical (unpaired) electrons. The monoisotopic (exact) mass is 273 g/mol. The molecule has 0 aliphatic rings. The van der Waals surface area contributed by atoms with Gasteiger partial charge in [-0.25, -0.2) is 4.79 Å². The Labute approximate surface area is 115 Å². The minimum Gasteiger partial charge on any atom is -0.465 e. The number of esters is 1. The standard InChI is InChI=1S/C13H11N3O4/c1-3-20-12(17)13(2,8-15)11-5-4-10(16(18)19)6-9(11)7-14/h4-6H,3H2,1-2H3. The molecule has 0 spiro atoms. The minimum atomic E-state index is -1.68. The van der Waals surface area contributed by atoms with Gasteiger partial charge in [-0.15, -0.1) is 0 Å². The van der Waals surface area contributed by atoms with E-state index in [4.69, 9.17) is 10.00 Å². The zero-order valence-electron chi connectivity index (χ0n) is 10.9. The molecule has 1 unspecified atom stereocenters. The van der Waals surface area contributed by atoms with Gasteiger partial charge in [0.25, 0.3) is 5.69 Å². The van der Waals surface area contributed by atoms with Crippen LogP contribution in [-0.4, -0.2) is 17.5 Å². The van der Waals surface area contributed by atoms with Crippen molar-refractivity contribution >= 4 is 11.7 Å². The van der Waals surface area contributed by atoms with E-state index in [9.17, 15) is 20.2 Å². The summed E-state index contributed by atoms with van der Waals surface area (Å²) in [5.41, 5.74) is -1.98. The lowest BCUT2D eigenvalue weighted by molar-refractivity contribution is -0.384. The fourth-order valence-electron chi connectivity index (χ4n) is 1.67. The number of nitro benzene ring substituents is 1. The summed E-state index contributed by atoms with van der Waals surface area (Å²) < 4.78 is 4.82. The molecule has 0 aliphatic carbocycles. The third-order valence-electron chi connectivity index (χ3n) is 2.78. The number of hydrogen-bond donors (Lipinski definition) is 0. The minimum absolute atomic E-state index is 0.0883. The van der Waals surface area contributed by atoms with Crippen molar-refractivity contribution in [3.8, 4) is 12.1 Å². The Kier molecular flexibility index (Phi) is 4.39. The van der Waals surface area contributed by atoms with Crippen LogP contribution in [0, 0.1) is 32.8 Å². The van der Waals surface area contributed by atoms with Crippen molar-refractivity contribution in [2.45, 2.75) is 19.3 Å². The number of ether oxygens (including phenoxy) is 1. The molecule has 0 aromatic heterocycles. The average Bonchev–Trinajstić information content (AvgIpc) is 2.45. The molecule has 0 heterocycles. The van der Waals surface area contributed by atoms with Crippen molar-refractivity contribution in [1.82, 2.24) is 0 Å². The molecule has 0 aliphatic heterocycles. The second-order valence-corrected chi connectivity index (χ2v) is 4.06. The molecule has 1 atom stereocenters. The van der Waals surface area contributed by atoms with E-state index in [2.05, 4.69) is 0 Å². The first-order valence-electron chi connectivity index (χ1n) is 5.68. The van der Waals surface area contributed by atoms with Crippen LogP contribution in [0.4, 0.5) is 5.69 Å². The van der Waals surface area contributed by atoms with E-state index in [0.29, 0.717) is 0 Å². The van der Waals surface area contributed by atoms with Crippen molar-refractivity contribution in [3.63, 3.8) is 0 Å². The quantitative estimate of drug-likeness (QED) is 0.469. The van der Waals surface area contributed by atoms with Crippen LogP contribution in [0.2, 0.25) is 0 Å². The predicted molar refractivity (Wildman–Crippen MR) is 67.4 cm³/mol. The Morgan fingerprint density at radius 3 is 2.60 bits per heavy atom. The van der Waals surface area contributed by atoms with Gasteiger partial charge in [0.15, 0.2) is 5.41 Å². The summed E-state index contributed by atoms with van der Waals surface area (Å²) in [6, 6.07) is 6.98. The second-order valence-electron chi connectivity index (χ2n) is 4.06. The number of benzene rings is 1. The fraction of sp³-hybridized carbons (Fsp3) is 0.308. The molecule has 0 fully saturated rings. The average molecular weight is 273 g/mol. The molecule has 1 rings (SSSR count). The van der Waals surface area contributed by atoms with E-state index in [1.165, 1.54) is 13.0 Å². The Morgan fingerprint density at radius 1 is 1.50 bits per heavy atom. The molecule has 0 saturated heterocycles. The van der Waals surface area contributed by atoms with Crippen LogP contribution in [0.3, 0.4) is 0 Å². The summed E-state index contributed by atoms with van der Waals surface area (Å²) in [4.78, 5) is 21.9. The van der Waals surface area contributed by atoms with Gasteiger partial charge in [0.05, 0.1) is 29.2 Å².